The molecule has 2 aromatic heterocycles. The first-order valence-corrected chi connectivity index (χ1v) is 7.02. The molecule has 0 atom stereocenters. The number of hydrogen-bond donors (Lipinski definition) is 1. The Hall–Kier alpha value is -3.15. The largest absolute Gasteiger partial charge is 0.497 e. The summed E-state index contributed by atoms with van der Waals surface area (Å²) in [4.78, 5) is 28.9. The number of nitrogens with one attached hydrogen (secondary N) is 1. The minimum absolute atomic E-state index is 0.133. The number of hydrogen-bond acceptors (Lipinski definition) is 4. The maximum Gasteiger partial charge on any atom is 0.281 e. The predicted octanol–water partition coefficient (Wildman–Crippen LogP) is 2.26. The molecule has 6 heteroatoms. The number of amides is 1. The third-order valence-corrected chi connectivity index (χ3v) is 3.45. The van der Waals surface area contributed by atoms with Crippen LogP contribution in [-0.2, 0) is 0 Å². The topological polar surface area (TPSA) is 72.7 Å². The summed E-state index contributed by atoms with van der Waals surface area (Å²) in [5, 5.41) is 2.60. The average molecular weight is 309 g/mol. The molecule has 1 amide bonds. The number of aryl methyl sites for hydroxylation is 1. The number of ether oxygens (including phenoxy) is 1. The van der Waals surface area contributed by atoms with Crippen molar-refractivity contribution >= 4 is 17.2 Å². The highest BCUT2D eigenvalue weighted by Gasteiger charge is 2.11. The fourth-order valence-corrected chi connectivity index (χ4v) is 2.21. The van der Waals surface area contributed by atoms with E-state index >= 15 is 0 Å². The number of methoxy groups -OCH3 is 1. The van der Waals surface area contributed by atoms with Crippen molar-refractivity contribution in [2.24, 2.45) is 0 Å². The molecule has 0 bridgehead atoms. The van der Waals surface area contributed by atoms with Crippen LogP contribution in [0.3, 0.4) is 0 Å². The first-order valence-electron chi connectivity index (χ1n) is 7.02. The molecule has 0 fully saturated rings. The van der Waals surface area contributed by atoms with E-state index in [2.05, 4.69) is 10.3 Å². The third kappa shape index (κ3) is 2.91. The van der Waals surface area contributed by atoms with Crippen LogP contribution in [0.5, 0.6) is 5.75 Å². The van der Waals surface area contributed by atoms with Gasteiger partial charge in [-0.1, -0.05) is 6.07 Å². The Balaban J connectivity index is 1.92. The fourth-order valence-electron chi connectivity index (χ4n) is 2.21. The van der Waals surface area contributed by atoms with Gasteiger partial charge < -0.3 is 10.1 Å². The summed E-state index contributed by atoms with van der Waals surface area (Å²) in [6.45, 7) is 1.88. The van der Waals surface area contributed by atoms with Crippen molar-refractivity contribution in [2.75, 3.05) is 12.4 Å². The molecule has 0 aliphatic rings. The molecule has 6 nitrogen and oxygen atoms in total. The lowest BCUT2D eigenvalue weighted by Gasteiger charge is -2.07. The van der Waals surface area contributed by atoms with E-state index in [1.165, 1.54) is 10.6 Å². The van der Waals surface area contributed by atoms with Crippen LogP contribution in [0.4, 0.5) is 5.69 Å². The standard InChI is InChI=1S/C17H15N3O3/c1-11-3-8-15-18-9-14(17(22)20(15)10-11)19-16(21)12-4-6-13(23-2)7-5-12/h3-10H,1-2H3,(H,19,21). The Morgan fingerprint density at radius 1 is 1.17 bits per heavy atom. The van der Waals surface area contributed by atoms with E-state index in [1.807, 2.05) is 13.0 Å². The number of fused-ring (bicyclic) bond motifs is 1. The number of aromatic nitrogens is 2. The van der Waals surface area contributed by atoms with Gasteiger partial charge in [0.25, 0.3) is 11.5 Å². The SMILES string of the molecule is COc1ccc(C(=O)Nc2cnc3ccc(C)cn3c2=O)cc1. The summed E-state index contributed by atoms with van der Waals surface area (Å²) in [5.74, 6) is 0.281. The quantitative estimate of drug-likeness (QED) is 0.805. The molecule has 0 aliphatic carbocycles. The van der Waals surface area contributed by atoms with Crippen LogP contribution in [0, 0.1) is 6.92 Å². The van der Waals surface area contributed by atoms with Crippen molar-refractivity contribution in [1.29, 1.82) is 0 Å². The Morgan fingerprint density at radius 2 is 1.91 bits per heavy atom. The van der Waals surface area contributed by atoms with E-state index < -0.39 is 0 Å². The number of carbonyl (C=O) groups excluding carboxylic acids is 1. The van der Waals surface area contributed by atoms with Crippen molar-refractivity contribution in [3.63, 3.8) is 0 Å². The average Bonchev–Trinajstić information content (AvgIpc) is 2.58. The van der Waals surface area contributed by atoms with Gasteiger partial charge in [0.05, 0.1) is 13.3 Å². The molecular formula is C17H15N3O3. The van der Waals surface area contributed by atoms with Crippen LogP contribution in [0.15, 0.2) is 53.6 Å². The number of rotatable bonds is 3. The molecule has 0 saturated carbocycles. The normalized spacial score (nSPS) is 10.5. The van der Waals surface area contributed by atoms with Crippen LogP contribution in [0.2, 0.25) is 0 Å². The summed E-state index contributed by atoms with van der Waals surface area (Å²) >= 11 is 0. The van der Waals surface area contributed by atoms with Crippen LogP contribution >= 0.6 is 0 Å². The highest BCUT2D eigenvalue weighted by atomic mass is 16.5. The van der Waals surface area contributed by atoms with Gasteiger partial charge in [0.15, 0.2) is 0 Å². The van der Waals surface area contributed by atoms with E-state index in [9.17, 15) is 9.59 Å². The summed E-state index contributed by atoms with van der Waals surface area (Å²) in [6.07, 6.45) is 3.06. The van der Waals surface area contributed by atoms with Gasteiger partial charge in [0.1, 0.15) is 17.1 Å². The van der Waals surface area contributed by atoms with E-state index in [4.69, 9.17) is 4.74 Å². The second kappa shape index (κ2) is 5.92. The molecule has 3 rings (SSSR count). The monoisotopic (exact) mass is 309 g/mol. The molecule has 0 aliphatic heterocycles. The van der Waals surface area contributed by atoms with Crippen molar-refractivity contribution in [1.82, 2.24) is 9.38 Å². The van der Waals surface area contributed by atoms with Crippen LogP contribution < -0.4 is 15.6 Å². The van der Waals surface area contributed by atoms with Gasteiger partial charge in [0.2, 0.25) is 0 Å². The summed E-state index contributed by atoms with van der Waals surface area (Å²) in [6, 6.07) is 10.3. The lowest BCUT2D eigenvalue weighted by molar-refractivity contribution is 0.102. The number of carbonyl (C=O) groups is 1. The minimum Gasteiger partial charge on any atom is -0.497 e. The van der Waals surface area contributed by atoms with E-state index in [0.29, 0.717) is 17.0 Å². The Kier molecular flexibility index (Phi) is 3.80. The number of pyridine rings is 1. The van der Waals surface area contributed by atoms with Gasteiger partial charge in [-0.25, -0.2) is 4.98 Å². The summed E-state index contributed by atoms with van der Waals surface area (Å²) in [7, 11) is 1.55. The molecule has 116 valence electrons. The van der Waals surface area contributed by atoms with Crippen molar-refractivity contribution in [2.45, 2.75) is 6.92 Å². The second-order valence-electron chi connectivity index (χ2n) is 5.09. The van der Waals surface area contributed by atoms with Crippen molar-refractivity contribution < 1.29 is 9.53 Å². The van der Waals surface area contributed by atoms with Gasteiger partial charge >= 0.3 is 0 Å². The van der Waals surface area contributed by atoms with E-state index in [0.717, 1.165) is 5.56 Å². The lowest BCUT2D eigenvalue weighted by atomic mass is 10.2. The summed E-state index contributed by atoms with van der Waals surface area (Å²) in [5.41, 5.74) is 1.71. The number of benzene rings is 1. The minimum atomic E-state index is -0.376. The van der Waals surface area contributed by atoms with E-state index in [1.54, 1.807) is 43.6 Å². The summed E-state index contributed by atoms with van der Waals surface area (Å²) < 4.78 is 6.47. The fraction of sp³-hybridized carbons (Fsp3) is 0.118. The van der Waals surface area contributed by atoms with Crippen molar-refractivity contribution in [3.05, 3.63) is 70.3 Å². The maximum absolute atomic E-state index is 12.4. The third-order valence-electron chi connectivity index (χ3n) is 3.45. The van der Waals surface area contributed by atoms with Gasteiger partial charge in [0, 0.05) is 11.8 Å². The first-order chi connectivity index (χ1) is 11.1. The Bertz CT molecular complexity index is 930. The van der Waals surface area contributed by atoms with Crippen molar-refractivity contribution in [3.8, 4) is 5.75 Å². The van der Waals surface area contributed by atoms with Gasteiger partial charge in [-0.2, -0.15) is 0 Å². The Labute approximate surface area is 132 Å². The van der Waals surface area contributed by atoms with Crippen LogP contribution in [0.25, 0.3) is 5.65 Å². The van der Waals surface area contributed by atoms with Crippen LogP contribution in [0.1, 0.15) is 15.9 Å². The highest BCUT2D eigenvalue weighted by Crippen LogP contribution is 2.12. The van der Waals surface area contributed by atoms with Gasteiger partial charge in [-0.15, -0.1) is 0 Å². The lowest BCUT2D eigenvalue weighted by Crippen LogP contribution is -2.23. The molecule has 1 aromatic carbocycles. The predicted molar refractivity (Wildman–Crippen MR) is 87.1 cm³/mol. The molecule has 0 radical (unpaired) electrons. The molecule has 23 heavy (non-hydrogen) atoms. The highest BCUT2D eigenvalue weighted by molar-refractivity contribution is 6.04. The van der Waals surface area contributed by atoms with Gasteiger partial charge in [-0.05, 0) is 42.8 Å². The van der Waals surface area contributed by atoms with Crippen LogP contribution in [-0.4, -0.2) is 22.4 Å². The zero-order valence-corrected chi connectivity index (χ0v) is 12.7. The smallest absolute Gasteiger partial charge is 0.281 e. The zero-order chi connectivity index (χ0) is 16.4. The maximum atomic E-state index is 12.4. The van der Waals surface area contributed by atoms with Gasteiger partial charge in [-0.3, -0.25) is 14.0 Å². The van der Waals surface area contributed by atoms with E-state index in [-0.39, 0.29) is 17.2 Å². The first kappa shape index (κ1) is 14.8. The Morgan fingerprint density at radius 3 is 2.61 bits per heavy atom. The number of nitrogens with zero attached hydrogens (tertiary/aromatic N) is 2. The molecule has 3 aromatic rings. The molecule has 2 heterocycles. The second-order valence-corrected chi connectivity index (χ2v) is 5.09. The number of anilines is 1. The molecule has 0 saturated heterocycles. The molecule has 1 N–H and O–H groups in total. The molecule has 0 spiro atoms. The zero-order valence-electron chi connectivity index (χ0n) is 12.7. The molecule has 0 unspecified atom stereocenters. The molecular weight excluding hydrogens is 294 g/mol.